The molecule has 1 aliphatic carbocycles. The standard InChI is InChI=1S/C12H26N2S/c1-4-7-13-10-11-5-6-12(11)14(2)8-9-15-3/h11-13H,4-10H2,1-3H3. The van der Waals surface area contributed by atoms with Crippen molar-refractivity contribution in [3.63, 3.8) is 0 Å². The van der Waals surface area contributed by atoms with E-state index in [-0.39, 0.29) is 0 Å². The number of rotatable bonds is 8. The summed E-state index contributed by atoms with van der Waals surface area (Å²) in [5.74, 6) is 2.17. The Kier molecular flexibility index (Phi) is 6.69. The van der Waals surface area contributed by atoms with E-state index in [0.29, 0.717) is 0 Å². The fourth-order valence-corrected chi connectivity index (χ4v) is 2.71. The summed E-state index contributed by atoms with van der Waals surface area (Å²) in [6.07, 6.45) is 6.27. The molecule has 1 rings (SSSR count). The van der Waals surface area contributed by atoms with E-state index in [1.807, 2.05) is 11.8 Å². The van der Waals surface area contributed by atoms with Crippen molar-refractivity contribution in [2.75, 3.05) is 38.7 Å². The summed E-state index contributed by atoms with van der Waals surface area (Å²) in [5.41, 5.74) is 0. The molecular weight excluding hydrogens is 204 g/mol. The maximum Gasteiger partial charge on any atom is 0.0133 e. The highest BCUT2D eigenvalue weighted by Crippen LogP contribution is 2.30. The largest absolute Gasteiger partial charge is 0.316 e. The predicted molar refractivity (Wildman–Crippen MR) is 70.7 cm³/mol. The minimum atomic E-state index is 0.849. The van der Waals surface area contributed by atoms with Crippen molar-refractivity contribution in [1.82, 2.24) is 10.2 Å². The van der Waals surface area contributed by atoms with Crippen LogP contribution in [0.4, 0.5) is 0 Å². The molecule has 1 saturated carbocycles. The fraction of sp³-hybridized carbons (Fsp3) is 1.00. The Bertz CT molecular complexity index is 164. The van der Waals surface area contributed by atoms with Crippen molar-refractivity contribution in [2.45, 2.75) is 32.2 Å². The van der Waals surface area contributed by atoms with Crippen LogP contribution in [-0.2, 0) is 0 Å². The van der Waals surface area contributed by atoms with Gasteiger partial charge in [-0.05, 0) is 51.6 Å². The molecular formula is C12H26N2S. The third kappa shape index (κ3) is 4.33. The Labute approximate surface area is 99.2 Å². The normalized spacial score (nSPS) is 25.6. The number of hydrogen-bond acceptors (Lipinski definition) is 3. The van der Waals surface area contributed by atoms with Crippen LogP contribution in [0.1, 0.15) is 26.2 Å². The quantitative estimate of drug-likeness (QED) is 0.643. The molecule has 90 valence electrons. The molecule has 1 aliphatic rings. The topological polar surface area (TPSA) is 15.3 Å². The second-order valence-corrected chi connectivity index (χ2v) is 5.57. The lowest BCUT2D eigenvalue weighted by molar-refractivity contribution is 0.0894. The molecule has 0 aromatic carbocycles. The van der Waals surface area contributed by atoms with Gasteiger partial charge in [-0.15, -0.1) is 0 Å². The van der Waals surface area contributed by atoms with Crippen LogP contribution in [0.5, 0.6) is 0 Å². The van der Waals surface area contributed by atoms with Gasteiger partial charge in [0.1, 0.15) is 0 Å². The van der Waals surface area contributed by atoms with Gasteiger partial charge in [-0.3, -0.25) is 0 Å². The second-order valence-electron chi connectivity index (χ2n) is 4.58. The van der Waals surface area contributed by atoms with Gasteiger partial charge in [0.2, 0.25) is 0 Å². The van der Waals surface area contributed by atoms with E-state index in [1.165, 1.54) is 44.6 Å². The summed E-state index contributed by atoms with van der Waals surface area (Å²) in [4.78, 5) is 2.55. The van der Waals surface area contributed by atoms with E-state index < -0.39 is 0 Å². The molecule has 0 aromatic rings. The summed E-state index contributed by atoms with van der Waals surface area (Å²) >= 11 is 1.95. The van der Waals surface area contributed by atoms with Gasteiger partial charge in [-0.25, -0.2) is 0 Å². The zero-order valence-corrected chi connectivity index (χ0v) is 11.3. The van der Waals surface area contributed by atoms with Gasteiger partial charge in [0.25, 0.3) is 0 Å². The van der Waals surface area contributed by atoms with Gasteiger partial charge in [-0.2, -0.15) is 11.8 Å². The van der Waals surface area contributed by atoms with Crippen molar-refractivity contribution in [3.8, 4) is 0 Å². The lowest BCUT2D eigenvalue weighted by Crippen LogP contribution is -2.49. The summed E-state index contributed by atoms with van der Waals surface area (Å²) in [7, 11) is 2.28. The Morgan fingerprint density at radius 2 is 2.20 bits per heavy atom. The summed E-state index contributed by atoms with van der Waals surface area (Å²) in [5, 5.41) is 3.55. The summed E-state index contributed by atoms with van der Waals surface area (Å²) in [6.45, 7) is 5.88. The highest BCUT2D eigenvalue weighted by Gasteiger charge is 2.32. The van der Waals surface area contributed by atoms with Crippen molar-refractivity contribution >= 4 is 11.8 Å². The smallest absolute Gasteiger partial charge is 0.0133 e. The molecule has 1 fully saturated rings. The zero-order valence-electron chi connectivity index (χ0n) is 10.5. The average Bonchev–Trinajstić information content (AvgIpc) is 2.19. The minimum absolute atomic E-state index is 0.849. The molecule has 0 aromatic heterocycles. The van der Waals surface area contributed by atoms with E-state index in [2.05, 4.69) is 30.4 Å². The average molecular weight is 230 g/mol. The monoisotopic (exact) mass is 230 g/mol. The Morgan fingerprint density at radius 1 is 1.40 bits per heavy atom. The minimum Gasteiger partial charge on any atom is -0.316 e. The first-order valence-electron chi connectivity index (χ1n) is 6.19. The lowest BCUT2D eigenvalue weighted by atomic mass is 9.78. The van der Waals surface area contributed by atoms with Gasteiger partial charge in [0.15, 0.2) is 0 Å². The molecule has 15 heavy (non-hydrogen) atoms. The molecule has 2 nitrogen and oxygen atoms in total. The second kappa shape index (κ2) is 7.53. The van der Waals surface area contributed by atoms with E-state index in [9.17, 15) is 0 Å². The molecule has 3 heteroatoms. The molecule has 1 N–H and O–H groups in total. The SMILES string of the molecule is CCCNCC1CCC1N(C)CCSC. The van der Waals surface area contributed by atoms with Crippen LogP contribution in [0.2, 0.25) is 0 Å². The summed E-state index contributed by atoms with van der Waals surface area (Å²) in [6, 6.07) is 0.849. The fourth-order valence-electron chi connectivity index (χ4n) is 2.24. The zero-order chi connectivity index (χ0) is 11.1. The highest BCUT2D eigenvalue weighted by atomic mass is 32.2. The van der Waals surface area contributed by atoms with Gasteiger partial charge in [0, 0.05) is 18.3 Å². The van der Waals surface area contributed by atoms with Crippen LogP contribution in [-0.4, -0.2) is 49.6 Å². The highest BCUT2D eigenvalue weighted by molar-refractivity contribution is 7.98. The number of hydrogen-bond donors (Lipinski definition) is 1. The predicted octanol–water partition coefficient (Wildman–Crippen LogP) is 2.06. The third-order valence-electron chi connectivity index (χ3n) is 3.42. The first-order chi connectivity index (χ1) is 7.29. The van der Waals surface area contributed by atoms with Gasteiger partial charge in [0.05, 0.1) is 0 Å². The molecule has 2 atom stereocenters. The summed E-state index contributed by atoms with van der Waals surface area (Å²) < 4.78 is 0. The van der Waals surface area contributed by atoms with Crippen LogP contribution >= 0.6 is 11.8 Å². The molecule has 0 spiro atoms. The van der Waals surface area contributed by atoms with Crippen molar-refractivity contribution < 1.29 is 0 Å². The first kappa shape index (κ1) is 13.3. The maximum atomic E-state index is 3.55. The Hall–Kier alpha value is 0.270. The van der Waals surface area contributed by atoms with E-state index in [4.69, 9.17) is 0 Å². The number of nitrogens with zero attached hydrogens (tertiary/aromatic N) is 1. The Morgan fingerprint density at radius 3 is 2.73 bits per heavy atom. The Balaban J connectivity index is 2.13. The molecule has 0 radical (unpaired) electrons. The molecule has 0 saturated heterocycles. The van der Waals surface area contributed by atoms with Gasteiger partial charge < -0.3 is 10.2 Å². The maximum absolute atomic E-state index is 3.55. The molecule has 0 bridgehead atoms. The van der Waals surface area contributed by atoms with Crippen LogP contribution < -0.4 is 5.32 Å². The number of thioether (sulfide) groups is 1. The van der Waals surface area contributed by atoms with Crippen LogP contribution in [0, 0.1) is 5.92 Å². The molecule has 2 unspecified atom stereocenters. The first-order valence-corrected chi connectivity index (χ1v) is 7.58. The van der Waals surface area contributed by atoms with Gasteiger partial charge in [-0.1, -0.05) is 6.92 Å². The molecule has 0 aliphatic heterocycles. The van der Waals surface area contributed by atoms with Crippen LogP contribution in [0.3, 0.4) is 0 Å². The number of nitrogens with one attached hydrogen (secondary N) is 1. The third-order valence-corrected chi connectivity index (χ3v) is 4.02. The van der Waals surface area contributed by atoms with Crippen molar-refractivity contribution in [2.24, 2.45) is 5.92 Å². The molecule has 0 heterocycles. The lowest BCUT2D eigenvalue weighted by Gasteiger charge is -2.43. The van der Waals surface area contributed by atoms with Crippen LogP contribution in [0.25, 0.3) is 0 Å². The van der Waals surface area contributed by atoms with Crippen LogP contribution in [0.15, 0.2) is 0 Å². The van der Waals surface area contributed by atoms with Crippen molar-refractivity contribution in [3.05, 3.63) is 0 Å². The van der Waals surface area contributed by atoms with Gasteiger partial charge >= 0.3 is 0 Å². The van der Waals surface area contributed by atoms with Crippen molar-refractivity contribution in [1.29, 1.82) is 0 Å². The van der Waals surface area contributed by atoms with E-state index in [0.717, 1.165) is 12.0 Å². The van der Waals surface area contributed by atoms with E-state index >= 15 is 0 Å². The van der Waals surface area contributed by atoms with E-state index in [1.54, 1.807) is 0 Å². The molecule has 0 amide bonds.